The van der Waals surface area contributed by atoms with Crippen molar-refractivity contribution < 1.29 is 14.5 Å². The number of hydrogen-bond acceptors (Lipinski definition) is 5. The number of Topliss-reactive ketones (excluding diaryl/α,β-unsaturated/α-hetero) is 1. The summed E-state index contributed by atoms with van der Waals surface area (Å²) in [7, 11) is 1.39. The molecule has 154 valence electrons. The molecule has 6 nitrogen and oxygen atoms in total. The van der Waals surface area contributed by atoms with Crippen molar-refractivity contribution in [2.75, 3.05) is 12.4 Å². The van der Waals surface area contributed by atoms with Gasteiger partial charge >= 0.3 is 5.69 Å². The topological polar surface area (TPSA) is 81.5 Å². The highest BCUT2D eigenvalue weighted by Gasteiger charge is 2.22. The molecule has 0 amide bonds. The molecule has 3 aromatic rings. The molecule has 3 rings (SSSR count). The second kappa shape index (κ2) is 9.69. The number of nitro benzene ring substituents is 1. The lowest BCUT2D eigenvalue weighted by Crippen LogP contribution is -2.16. The number of nitrogens with zero attached hydrogens (tertiary/aromatic N) is 1. The Labute approximate surface area is 175 Å². The number of ether oxygens (including phenoxy) is 1. The van der Waals surface area contributed by atoms with Crippen molar-refractivity contribution in [2.45, 2.75) is 25.8 Å². The summed E-state index contributed by atoms with van der Waals surface area (Å²) in [5.74, 6) is 0.140. The minimum Gasteiger partial charge on any atom is -0.490 e. The number of carbonyl (C=O) groups excluding carboxylic acids is 1. The van der Waals surface area contributed by atoms with E-state index in [0.717, 1.165) is 12.1 Å². The van der Waals surface area contributed by atoms with Crippen molar-refractivity contribution in [1.29, 1.82) is 0 Å². The Balaban J connectivity index is 1.94. The van der Waals surface area contributed by atoms with Crippen LogP contribution in [0.15, 0.2) is 72.8 Å². The van der Waals surface area contributed by atoms with E-state index in [1.165, 1.54) is 18.7 Å². The molecule has 0 fully saturated rings. The maximum Gasteiger partial charge on any atom is 0.311 e. The molecule has 3 aromatic carbocycles. The quantitative estimate of drug-likeness (QED) is 0.285. The van der Waals surface area contributed by atoms with Gasteiger partial charge in [0, 0.05) is 23.7 Å². The van der Waals surface area contributed by atoms with Crippen molar-refractivity contribution in [2.24, 2.45) is 0 Å². The van der Waals surface area contributed by atoms with Gasteiger partial charge in [-0.3, -0.25) is 14.9 Å². The lowest BCUT2D eigenvalue weighted by Gasteiger charge is -2.20. The number of benzene rings is 3. The van der Waals surface area contributed by atoms with E-state index in [4.69, 9.17) is 4.74 Å². The number of hydrogen-bond donors (Lipinski definition) is 1. The Kier molecular flexibility index (Phi) is 6.80. The monoisotopic (exact) mass is 404 g/mol. The van der Waals surface area contributed by atoms with Gasteiger partial charge in [0.2, 0.25) is 0 Å². The molecule has 0 spiro atoms. The summed E-state index contributed by atoms with van der Waals surface area (Å²) in [5, 5.41) is 14.8. The number of nitrogens with one attached hydrogen (secondary N) is 1. The van der Waals surface area contributed by atoms with Crippen LogP contribution < -0.4 is 10.1 Å². The molecule has 0 aromatic heterocycles. The van der Waals surface area contributed by atoms with Crippen LogP contribution in [0, 0.1) is 10.1 Å². The maximum absolute atomic E-state index is 12.9. The molecular formula is C24H24N2O4. The van der Waals surface area contributed by atoms with E-state index in [2.05, 4.69) is 12.2 Å². The van der Waals surface area contributed by atoms with E-state index in [-0.39, 0.29) is 23.6 Å². The predicted molar refractivity (Wildman–Crippen MR) is 117 cm³/mol. The number of ketones is 1. The van der Waals surface area contributed by atoms with Crippen molar-refractivity contribution in [3.8, 4) is 5.75 Å². The summed E-state index contributed by atoms with van der Waals surface area (Å²) in [5.41, 5.74) is 3.17. The predicted octanol–water partition coefficient (Wildman–Crippen LogP) is 5.59. The van der Waals surface area contributed by atoms with Crippen LogP contribution in [-0.2, 0) is 6.42 Å². The molecule has 1 atom stereocenters. The van der Waals surface area contributed by atoms with Crippen LogP contribution in [0.4, 0.5) is 11.4 Å². The van der Waals surface area contributed by atoms with Crippen LogP contribution >= 0.6 is 0 Å². The fraction of sp³-hybridized carbons (Fsp3) is 0.208. The minimum absolute atomic E-state index is 0.0447. The second-order valence-corrected chi connectivity index (χ2v) is 6.93. The van der Waals surface area contributed by atoms with Crippen LogP contribution in [0.2, 0.25) is 0 Å². The van der Waals surface area contributed by atoms with E-state index >= 15 is 0 Å². The first-order chi connectivity index (χ1) is 14.5. The van der Waals surface area contributed by atoms with Gasteiger partial charge in [-0.2, -0.15) is 0 Å². The highest BCUT2D eigenvalue weighted by molar-refractivity contribution is 5.96. The van der Waals surface area contributed by atoms with Gasteiger partial charge in [-0.25, -0.2) is 0 Å². The van der Waals surface area contributed by atoms with Crippen molar-refractivity contribution in [1.82, 2.24) is 0 Å². The molecule has 0 aliphatic rings. The largest absolute Gasteiger partial charge is 0.490 e. The number of methoxy groups -OCH3 is 1. The highest BCUT2D eigenvalue weighted by atomic mass is 16.6. The van der Waals surface area contributed by atoms with Gasteiger partial charge in [-0.05, 0) is 35.7 Å². The summed E-state index contributed by atoms with van der Waals surface area (Å²) in [6.45, 7) is 2.08. The van der Waals surface area contributed by atoms with Crippen molar-refractivity contribution >= 4 is 17.2 Å². The Morgan fingerprint density at radius 2 is 1.77 bits per heavy atom. The number of aryl methyl sites for hydroxylation is 1. The Hall–Kier alpha value is -3.67. The van der Waals surface area contributed by atoms with E-state index in [1.54, 1.807) is 24.3 Å². The number of nitro groups is 1. The van der Waals surface area contributed by atoms with E-state index in [1.807, 2.05) is 42.5 Å². The molecule has 0 saturated heterocycles. The zero-order valence-electron chi connectivity index (χ0n) is 17.0. The number of rotatable bonds is 9. The van der Waals surface area contributed by atoms with E-state index < -0.39 is 11.0 Å². The van der Waals surface area contributed by atoms with Gasteiger partial charge in [0.05, 0.1) is 18.1 Å². The molecular weight excluding hydrogens is 380 g/mol. The Bertz CT molecular complexity index is 1020. The first-order valence-corrected chi connectivity index (χ1v) is 9.78. The van der Waals surface area contributed by atoms with Crippen LogP contribution in [0.25, 0.3) is 0 Å². The number of anilines is 1. The lowest BCUT2D eigenvalue weighted by molar-refractivity contribution is -0.385. The maximum atomic E-state index is 12.9. The second-order valence-electron chi connectivity index (χ2n) is 6.93. The zero-order valence-corrected chi connectivity index (χ0v) is 17.0. The molecule has 1 N–H and O–H groups in total. The molecule has 0 aliphatic heterocycles. The van der Waals surface area contributed by atoms with Crippen molar-refractivity contribution in [3.63, 3.8) is 0 Å². The van der Waals surface area contributed by atoms with Crippen LogP contribution in [0.5, 0.6) is 5.75 Å². The molecule has 0 saturated carbocycles. The molecule has 0 radical (unpaired) electrons. The Morgan fingerprint density at radius 3 is 2.37 bits per heavy atom. The summed E-state index contributed by atoms with van der Waals surface area (Å²) >= 11 is 0. The third-order valence-electron chi connectivity index (χ3n) is 4.99. The van der Waals surface area contributed by atoms with Crippen LogP contribution in [0.3, 0.4) is 0 Å². The molecule has 0 bridgehead atoms. The van der Waals surface area contributed by atoms with E-state index in [9.17, 15) is 14.9 Å². The van der Waals surface area contributed by atoms with E-state index in [0.29, 0.717) is 11.1 Å². The van der Waals surface area contributed by atoms with Gasteiger partial charge in [0.25, 0.3) is 0 Å². The molecule has 30 heavy (non-hydrogen) atoms. The first kappa shape index (κ1) is 21.0. The normalized spacial score (nSPS) is 11.5. The third-order valence-corrected chi connectivity index (χ3v) is 4.99. The number of carbonyl (C=O) groups is 1. The summed E-state index contributed by atoms with van der Waals surface area (Å²) in [4.78, 5) is 23.9. The van der Waals surface area contributed by atoms with Gasteiger partial charge < -0.3 is 10.1 Å². The summed E-state index contributed by atoms with van der Waals surface area (Å²) in [6, 6.07) is 21.3. The van der Waals surface area contributed by atoms with Crippen LogP contribution in [0.1, 0.15) is 40.9 Å². The molecule has 6 heteroatoms. The van der Waals surface area contributed by atoms with Gasteiger partial charge in [-0.15, -0.1) is 0 Å². The van der Waals surface area contributed by atoms with Crippen LogP contribution in [-0.4, -0.2) is 17.8 Å². The SMILES string of the molecule is CCc1ccc(NC(CC(=O)c2ccccc2)c2ccc(OC)c([N+](=O)[O-])c2)cc1. The molecule has 0 aliphatic carbocycles. The average Bonchev–Trinajstić information content (AvgIpc) is 2.79. The van der Waals surface area contributed by atoms with Gasteiger partial charge in [0.15, 0.2) is 11.5 Å². The fourth-order valence-electron chi connectivity index (χ4n) is 3.28. The lowest BCUT2D eigenvalue weighted by atomic mass is 9.97. The third kappa shape index (κ3) is 5.03. The Morgan fingerprint density at radius 1 is 1.07 bits per heavy atom. The van der Waals surface area contributed by atoms with Crippen molar-refractivity contribution in [3.05, 3.63) is 99.6 Å². The molecule has 1 unspecified atom stereocenters. The minimum atomic E-state index is -0.478. The van der Waals surface area contributed by atoms with Gasteiger partial charge in [-0.1, -0.05) is 55.5 Å². The summed E-state index contributed by atoms with van der Waals surface area (Å²) in [6.07, 6.45) is 1.09. The zero-order chi connectivity index (χ0) is 21.5. The standard InChI is InChI=1S/C24H24N2O4/c1-3-17-9-12-20(13-10-17)25-21(16-23(27)18-7-5-4-6-8-18)19-11-14-24(30-2)22(15-19)26(28)29/h4-15,21,25H,3,16H2,1-2H3. The smallest absolute Gasteiger partial charge is 0.311 e. The average molecular weight is 404 g/mol. The highest BCUT2D eigenvalue weighted by Crippen LogP contribution is 2.33. The molecule has 0 heterocycles. The summed E-state index contributed by atoms with van der Waals surface area (Å²) < 4.78 is 5.11. The fourth-order valence-corrected chi connectivity index (χ4v) is 3.28. The van der Waals surface area contributed by atoms with Gasteiger partial charge in [0.1, 0.15) is 0 Å². The first-order valence-electron chi connectivity index (χ1n) is 9.78.